The third-order valence-corrected chi connectivity index (χ3v) is 6.52. The van der Waals surface area contributed by atoms with E-state index < -0.39 is 10.0 Å². The maximum absolute atomic E-state index is 12.3. The molecule has 2 aromatic heterocycles. The van der Waals surface area contributed by atoms with Gasteiger partial charge in [-0.3, -0.25) is 4.72 Å². The molecule has 136 valence electrons. The van der Waals surface area contributed by atoms with Gasteiger partial charge in [0.1, 0.15) is 10.0 Å². The summed E-state index contributed by atoms with van der Waals surface area (Å²) in [4.78, 5) is 0.937. The normalized spacial score (nSPS) is 11.3. The van der Waals surface area contributed by atoms with E-state index in [1.807, 2.05) is 25.1 Å². The number of aromatic nitrogens is 2. The van der Waals surface area contributed by atoms with Crippen LogP contribution in [0.1, 0.15) is 16.9 Å². The van der Waals surface area contributed by atoms with Crippen molar-refractivity contribution in [3.05, 3.63) is 65.0 Å². The van der Waals surface area contributed by atoms with Gasteiger partial charge in [-0.25, -0.2) is 8.42 Å². The van der Waals surface area contributed by atoms with Crippen molar-refractivity contribution in [3.63, 3.8) is 0 Å². The zero-order chi connectivity index (χ0) is 18.4. The van der Waals surface area contributed by atoms with Gasteiger partial charge in [0, 0.05) is 11.4 Å². The van der Waals surface area contributed by atoms with Crippen molar-refractivity contribution in [1.82, 2.24) is 10.2 Å². The predicted octanol–water partition coefficient (Wildman–Crippen LogP) is 3.69. The van der Waals surface area contributed by atoms with Crippen LogP contribution in [0.25, 0.3) is 0 Å². The minimum Gasteiger partial charge on any atom is -0.369 e. The van der Waals surface area contributed by atoms with Gasteiger partial charge in [0.25, 0.3) is 10.0 Å². The average molecular weight is 389 g/mol. The summed E-state index contributed by atoms with van der Waals surface area (Å²) in [6, 6.07) is 17.0. The van der Waals surface area contributed by atoms with Gasteiger partial charge in [-0.2, -0.15) is 0 Å². The predicted molar refractivity (Wildman–Crippen MR) is 105 cm³/mol. The molecule has 0 aliphatic heterocycles. The number of aryl methyl sites for hydroxylation is 2. The van der Waals surface area contributed by atoms with E-state index >= 15 is 0 Å². The lowest BCUT2D eigenvalue weighted by molar-refractivity contribution is 0.603. The van der Waals surface area contributed by atoms with Crippen molar-refractivity contribution in [2.45, 2.75) is 24.0 Å². The van der Waals surface area contributed by atoms with Crippen LogP contribution in [0.4, 0.5) is 11.6 Å². The molecule has 3 aromatic rings. The number of hydrogen-bond acceptors (Lipinski definition) is 6. The molecule has 0 saturated heterocycles. The fraction of sp³-hybridized carbons (Fsp3) is 0.222. The number of nitrogens with zero attached hydrogens (tertiary/aromatic N) is 2. The van der Waals surface area contributed by atoms with Crippen LogP contribution in [0.15, 0.2) is 58.8 Å². The van der Waals surface area contributed by atoms with Gasteiger partial charge in [-0.05, 0) is 49.6 Å². The molecule has 2 heterocycles. The molecule has 0 atom stereocenters. The standard InChI is InChI=1S/C18H20N4O2S2/c1-14-9-12-18(25-14)26(23,24)22-17-11-10-16(20-21-17)19-13-5-8-15-6-3-2-4-7-15/h2-4,6-7,9-12H,5,8,13H2,1H3,(H,19,20)(H,21,22). The SMILES string of the molecule is Cc1ccc(S(=O)(=O)Nc2ccc(NCCCc3ccccc3)nn2)s1. The first-order valence-corrected chi connectivity index (χ1v) is 10.5. The molecule has 0 aliphatic rings. The van der Waals surface area contributed by atoms with Crippen LogP contribution in [0.2, 0.25) is 0 Å². The van der Waals surface area contributed by atoms with Crippen molar-refractivity contribution in [3.8, 4) is 0 Å². The van der Waals surface area contributed by atoms with Crippen molar-refractivity contribution in [2.24, 2.45) is 0 Å². The van der Waals surface area contributed by atoms with Crippen molar-refractivity contribution >= 4 is 33.0 Å². The monoisotopic (exact) mass is 388 g/mol. The number of hydrogen-bond donors (Lipinski definition) is 2. The maximum Gasteiger partial charge on any atom is 0.272 e. The lowest BCUT2D eigenvalue weighted by Crippen LogP contribution is -2.13. The summed E-state index contributed by atoms with van der Waals surface area (Å²) in [5, 5.41) is 11.1. The average Bonchev–Trinajstić information content (AvgIpc) is 3.08. The Morgan fingerprint density at radius 1 is 0.962 bits per heavy atom. The Hall–Kier alpha value is -2.45. The summed E-state index contributed by atoms with van der Waals surface area (Å²) in [5.74, 6) is 0.818. The third kappa shape index (κ3) is 5.03. The molecule has 0 unspecified atom stereocenters. The smallest absolute Gasteiger partial charge is 0.272 e. The Bertz CT molecular complexity index is 939. The Kier molecular flexibility index (Phi) is 5.85. The van der Waals surface area contributed by atoms with Gasteiger partial charge in [0.2, 0.25) is 0 Å². The third-order valence-electron chi connectivity index (χ3n) is 3.68. The van der Waals surface area contributed by atoms with E-state index in [-0.39, 0.29) is 10.0 Å². The second kappa shape index (κ2) is 8.29. The molecular weight excluding hydrogens is 368 g/mol. The van der Waals surface area contributed by atoms with E-state index in [0.717, 1.165) is 24.3 Å². The first-order chi connectivity index (χ1) is 12.5. The summed E-state index contributed by atoms with van der Waals surface area (Å²) in [6.07, 6.45) is 1.96. The van der Waals surface area contributed by atoms with Crippen molar-refractivity contribution < 1.29 is 8.42 Å². The van der Waals surface area contributed by atoms with Gasteiger partial charge < -0.3 is 5.32 Å². The van der Waals surface area contributed by atoms with Gasteiger partial charge in [0.15, 0.2) is 5.82 Å². The molecule has 0 radical (unpaired) electrons. The Morgan fingerprint density at radius 3 is 2.35 bits per heavy atom. The molecule has 3 rings (SSSR count). The molecule has 2 N–H and O–H groups in total. The van der Waals surface area contributed by atoms with E-state index in [9.17, 15) is 8.42 Å². The molecule has 6 nitrogen and oxygen atoms in total. The van der Waals surface area contributed by atoms with Gasteiger partial charge in [-0.1, -0.05) is 30.3 Å². The summed E-state index contributed by atoms with van der Waals surface area (Å²) in [6.45, 7) is 2.63. The first-order valence-electron chi connectivity index (χ1n) is 8.24. The molecule has 0 amide bonds. The molecule has 1 aromatic carbocycles. The molecule has 0 saturated carbocycles. The quantitative estimate of drug-likeness (QED) is 0.575. The minimum absolute atomic E-state index is 0.200. The molecule has 0 bridgehead atoms. The van der Waals surface area contributed by atoms with E-state index in [4.69, 9.17) is 0 Å². The molecule has 26 heavy (non-hydrogen) atoms. The fourth-order valence-electron chi connectivity index (χ4n) is 2.38. The Balaban J connectivity index is 1.50. The topological polar surface area (TPSA) is 84.0 Å². The Morgan fingerprint density at radius 2 is 1.69 bits per heavy atom. The zero-order valence-electron chi connectivity index (χ0n) is 14.3. The lowest BCUT2D eigenvalue weighted by atomic mass is 10.1. The van der Waals surface area contributed by atoms with Crippen LogP contribution in [-0.4, -0.2) is 25.2 Å². The second-order valence-corrected chi connectivity index (χ2v) is 8.99. The van der Waals surface area contributed by atoms with E-state index in [0.29, 0.717) is 5.82 Å². The minimum atomic E-state index is -3.61. The maximum atomic E-state index is 12.3. The van der Waals surface area contributed by atoms with Gasteiger partial charge in [0.05, 0.1) is 0 Å². The van der Waals surface area contributed by atoms with Crippen LogP contribution in [-0.2, 0) is 16.4 Å². The number of rotatable bonds is 8. The highest BCUT2D eigenvalue weighted by Crippen LogP contribution is 2.22. The number of thiophene rings is 1. The van der Waals surface area contributed by atoms with Crippen LogP contribution in [0.3, 0.4) is 0 Å². The highest BCUT2D eigenvalue weighted by molar-refractivity contribution is 7.94. The zero-order valence-corrected chi connectivity index (χ0v) is 16.0. The van der Waals surface area contributed by atoms with E-state index in [2.05, 4.69) is 32.4 Å². The largest absolute Gasteiger partial charge is 0.369 e. The van der Waals surface area contributed by atoms with Gasteiger partial charge >= 0.3 is 0 Å². The number of nitrogens with one attached hydrogen (secondary N) is 2. The number of benzene rings is 1. The van der Waals surface area contributed by atoms with Crippen LogP contribution in [0.5, 0.6) is 0 Å². The van der Waals surface area contributed by atoms with Crippen LogP contribution >= 0.6 is 11.3 Å². The number of anilines is 2. The number of sulfonamides is 1. The Labute approximate surface area is 157 Å². The lowest BCUT2D eigenvalue weighted by Gasteiger charge is -2.07. The van der Waals surface area contributed by atoms with E-state index in [1.165, 1.54) is 16.9 Å². The fourth-order valence-corrected chi connectivity index (χ4v) is 4.66. The molecular formula is C18H20N4O2S2. The highest BCUT2D eigenvalue weighted by Gasteiger charge is 2.17. The first kappa shape index (κ1) is 18.3. The van der Waals surface area contributed by atoms with Crippen LogP contribution < -0.4 is 10.0 Å². The summed E-state index contributed by atoms with van der Waals surface area (Å²) in [5.41, 5.74) is 1.30. The van der Waals surface area contributed by atoms with Gasteiger partial charge in [-0.15, -0.1) is 21.5 Å². The van der Waals surface area contributed by atoms with Crippen molar-refractivity contribution in [1.29, 1.82) is 0 Å². The highest BCUT2D eigenvalue weighted by atomic mass is 32.2. The summed E-state index contributed by atoms with van der Waals surface area (Å²) < 4.78 is 27.2. The van der Waals surface area contributed by atoms with E-state index in [1.54, 1.807) is 24.3 Å². The molecule has 8 heteroatoms. The van der Waals surface area contributed by atoms with Crippen molar-refractivity contribution in [2.75, 3.05) is 16.6 Å². The molecule has 0 spiro atoms. The molecule has 0 aliphatic carbocycles. The second-order valence-electron chi connectivity index (χ2n) is 5.79. The van der Waals surface area contributed by atoms with Crippen LogP contribution in [0, 0.1) is 6.92 Å². The summed E-state index contributed by atoms with van der Waals surface area (Å²) in [7, 11) is -3.61. The molecule has 0 fully saturated rings. The summed E-state index contributed by atoms with van der Waals surface area (Å²) >= 11 is 1.22.